The first kappa shape index (κ1) is 18.2. The molecule has 4 rings (SSSR count). The minimum absolute atomic E-state index is 0.268. The molecule has 0 saturated carbocycles. The number of pyridine rings is 2. The molecular weight excluding hydrogens is 372 g/mol. The molecule has 0 aliphatic rings. The monoisotopic (exact) mass is 386 g/mol. The van der Waals surface area contributed by atoms with E-state index >= 15 is 0 Å². The Morgan fingerprint density at radius 1 is 1.00 bits per heavy atom. The zero-order valence-corrected chi connectivity index (χ0v) is 15.0. The summed E-state index contributed by atoms with van der Waals surface area (Å²) in [5, 5.41) is 17.3. The maximum atomic E-state index is 12.1. The largest absolute Gasteiger partial charge is 0.505 e. The molecule has 0 aliphatic heterocycles. The summed E-state index contributed by atoms with van der Waals surface area (Å²) >= 11 is 0. The average molecular weight is 386 g/mol. The van der Waals surface area contributed by atoms with Crippen molar-refractivity contribution in [2.45, 2.75) is 0 Å². The van der Waals surface area contributed by atoms with E-state index in [4.69, 9.17) is 0 Å². The van der Waals surface area contributed by atoms with Crippen LogP contribution in [0.3, 0.4) is 0 Å². The number of aromatic hydroxyl groups is 1. The molecule has 2 aromatic carbocycles. The van der Waals surface area contributed by atoms with Crippen LogP contribution in [0.5, 0.6) is 5.75 Å². The van der Waals surface area contributed by atoms with Gasteiger partial charge in [-0.1, -0.05) is 42.5 Å². The number of carbonyl (C=O) groups excluding carboxylic acids is 2. The van der Waals surface area contributed by atoms with Crippen LogP contribution < -0.4 is 5.32 Å². The Bertz CT molecular complexity index is 1280. The molecule has 2 N–H and O–H groups in total. The van der Waals surface area contributed by atoms with E-state index in [0.29, 0.717) is 16.6 Å². The Balaban J connectivity index is 1.73. The van der Waals surface area contributed by atoms with Gasteiger partial charge in [0.05, 0.1) is 17.4 Å². The van der Waals surface area contributed by atoms with Gasteiger partial charge in [0, 0.05) is 16.1 Å². The van der Waals surface area contributed by atoms with E-state index in [1.165, 1.54) is 6.20 Å². The van der Waals surface area contributed by atoms with Crippen LogP contribution in [-0.2, 0) is 4.79 Å². The predicted octanol–water partition coefficient (Wildman–Crippen LogP) is 3.18. The Labute approximate surface area is 164 Å². The van der Waals surface area contributed by atoms with Gasteiger partial charge in [0.25, 0.3) is 5.91 Å². The van der Waals surface area contributed by atoms with Crippen molar-refractivity contribution >= 4 is 33.5 Å². The molecule has 4 aromatic rings. The van der Waals surface area contributed by atoms with Crippen LogP contribution in [0.1, 0.15) is 10.5 Å². The number of hydrogen-bond donors (Lipinski definition) is 2. The first-order valence-electron chi connectivity index (χ1n) is 8.69. The van der Waals surface area contributed by atoms with Crippen molar-refractivity contribution in [2.24, 2.45) is 5.18 Å². The number of benzene rings is 2. The van der Waals surface area contributed by atoms with E-state index in [0.717, 1.165) is 16.3 Å². The van der Waals surface area contributed by atoms with E-state index in [1.807, 2.05) is 42.5 Å². The van der Waals surface area contributed by atoms with Crippen LogP contribution in [0.4, 0.5) is 0 Å². The van der Waals surface area contributed by atoms with Crippen LogP contribution >= 0.6 is 0 Å². The van der Waals surface area contributed by atoms with Crippen LogP contribution in [0.2, 0.25) is 0 Å². The molecule has 29 heavy (non-hydrogen) atoms. The Morgan fingerprint density at radius 3 is 2.62 bits per heavy atom. The number of nitrogens with zero attached hydrogens (tertiary/aromatic N) is 3. The van der Waals surface area contributed by atoms with Crippen molar-refractivity contribution in [3.05, 3.63) is 71.4 Å². The molecular formula is C21H14N4O4. The molecule has 0 fully saturated rings. The third-order valence-electron chi connectivity index (χ3n) is 4.50. The van der Waals surface area contributed by atoms with Gasteiger partial charge in [0.1, 0.15) is 6.54 Å². The smallest absolute Gasteiger partial charge is 0.305 e. The number of amides is 2. The lowest BCUT2D eigenvalue weighted by molar-refractivity contribution is -0.117. The molecule has 0 aliphatic carbocycles. The SMILES string of the molecule is O=NC(=O)CNC(=O)c1ncc2nc(-c3cccc4ccccc34)ccc2c1O. The van der Waals surface area contributed by atoms with Gasteiger partial charge >= 0.3 is 5.91 Å². The molecule has 8 nitrogen and oxygen atoms in total. The van der Waals surface area contributed by atoms with Gasteiger partial charge in [-0.2, -0.15) is 0 Å². The quantitative estimate of drug-likeness (QED) is 0.520. The minimum Gasteiger partial charge on any atom is -0.505 e. The number of rotatable bonds is 4. The molecule has 8 heteroatoms. The van der Waals surface area contributed by atoms with Gasteiger partial charge in [-0.15, -0.1) is 4.91 Å². The molecule has 0 saturated heterocycles. The minimum atomic E-state index is -1.03. The molecule has 2 aromatic heterocycles. The van der Waals surface area contributed by atoms with Crippen molar-refractivity contribution in [1.82, 2.24) is 15.3 Å². The second kappa shape index (κ2) is 7.43. The van der Waals surface area contributed by atoms with Gasteiger partial charge in [-0.05, 0) is 22.9 Å². The molecule has 0 bridgehead atoms. The van der Waals surface area contributed by atoms with Gasteiger partial charge in [0.15, 0.2) is 11.4 Å². The summed E-state index contributed by atoms with van der Waals surface area (Å²) < 4.78 is 0. The standard InChI is InChI=1S/C21H14N4O4/c26-18(25-29)11-23-21(28)19-20(27)15-8-9-16(24-17(15)10-22-19)14-7-3-5-12-4-1-2-6-13(12)14/h1-10,27H,11H2,(H,23,28). The number of nitrogens with one attached hydrogen (secondary N) is 1. The number of hydrogen-bond acceptors (Lipinski definition) is 6. The Morgan fingerprint density at radius 2 is 1.79 bits per heavy atom. The normalized spacial score (nSPS) is 10.8. The number of carbonyl (C=O) groups is 2. The lowest BCUT2D eigenvalue weighted by atomic mass is 10.0. The van der Waals surface area contributed by atoms with E-state index in [9.17, 15) is 19.6 Å². The second-order valence-corrected chi connectivity index (χ2v) is 6.28. The highest BCUT2D eigenvalue weighted by molar-refractivity contribution is 6.03. The van der Waals surface area contributed by atoms with Gasteiger partial charge in [-0.25, -0.2) is 9.97 Å². The summed E-state index contributed by atoms with van der Waals surface area (Å²) in [5.41, 5.74) is 1.78. The van der Waals surface area contributed by atoms with Crippen molar-refractivity contribution in [3.8, 4) is 17.0 Å². The van der Waals surface area contributed by atoms with Crippen LogP contribution in [0, 0.1) is 4.91 Å². The first-order chi connectivity index (χ1) is 14.1. The summed E-state index contributed by atoms with van der Waals surface area (Å²) in [7, 11) is 0. The first-order valence-corrected chi connectivity index (χ1v) is 8.69. The van der Waals surface area contributed by atoms with Gasteiger partial charge in [-0.3, -0.25) is 9.59 Å². The lowest BCUT2D eigenvalue weighted by Crippen LogP contribution is -2.29. The predicted molar refractivity (Wildman–Crippen MR) is 107 cm³/mol. The summed E-state index contributed by atoms with van der Waals surface area (Å²) in [6, 6.07) is 17.3. The number of aromatic nitrogens is 2. The van der Waals surface area contributed by atoms with Gasteiger partial charge in [0.2, 0.25) is 0 Å². The topological polar surface area (TPSA) is 122 Å². The van der Waals surface area contributed by atoms with Crippen molar-refractivity contribution < 1.29 is 14.7 Å². The zero-order chi connectivity index (χ0) is 20.4. The molecule has 2 heterocycles. The fraction of sp³-hybridized carbons (Fsp3) is 0.0476. The zero-order valence-electron chi connectivity index (χ0n) is 15.0. The van der Waals surface area contributed by atoms with E-state index in [-0.39, 0.29) is 11.4 Å². The fourth-order valence-corrected chi connectivity index (χ4v) is 3.12. The van der Waals surface area contributed by atoms with Crippen molar-refractivity contribution in [1.29, 1.82) is 0 Å². The highest BCUT2D eigenvalue weighted by Gasteiger charge is 2.18. The Kier molecular flexibility index (Phi) is 4.66. The van der Waals surface area contributed by atoms with Gasteiger partial charge < -0.3 is 10.4 Å². The maximum absolute atomic E-state index is 12.1. The van der Waals surface area contributed by atoms with E-state index in [2.05, 4.69) is 20.5 Å². The average Bonchev–Trinajstić information content (AvgIpc) is 2.76. The van der Waals surface area contributed by atoms with E-state index < -0.39 is 18.4 Å². The fourth-order valence-electron chi connectivity index (χ4n) is 3.12. The van der Waals surface area contributed by atoms with Crippen LogP contribution in [0.15, 0.2) is 66.0 Å². The Hall–Kier alpha value is -4.20. The molecule has 0 radical (unpaired) electrons. The number of nitroso groups, excluding NO2 is 1. The van der Waals surface area contributed by atoms with Crippen molar-refractivity contribution in [3.63, 3.8) is 0 Å². The lowest BCUT2D eigenvalue weighted by Gasteiger charge is -2.09. The second-order valence-electron chi connectivity index (χ2n) is 6.28. The van der Waals surface area contributed by atoms with Crippen LogP contribution in [-0.4, -0.2) is 33.4 Å². The maximum Gasteiger partial charge on any atom is 0.305 e. The van der Waals surface area contributed by atoms with Crippen LogP contribution in [0.25, 0.3) is 32.9 Å². The summed E-state index contributed by atoms with van der Waals surface area (Å²) in [5.74, 6) is -2.18. The third-order valence-corrected chi connectivity index (χ3v) is 4.50. The summed E-state index contributed by atoms with van der Waals surface area (Å²) in [6.45, 7) is -0.570. The number of fused-ring (bicyclic) bond motifs is 2. The summed E-state index contributed by atoms with van der Waals surface area (Å²) in [4.78, 5) is 41.7. The van der Waals surface area contributed by atoms with Crippen molar-refractivity contribution in [2.75, 3.05) is 6.54 Å². The third kappa shape index (κ3) is 3.39. The summed E-state index contributed by atoms with van der Waals surface area (Å²) in [6.07, 6.45) is 1.37. The highest BCUT2D eigenvalue weighted by Crippen LogP contribution is 2.31. The molecule has 0 unspecified atom stereocenters. The molecule has 2 amide bonds. The van der Waals surface area contributed by atoms with E-state index in [1.54, 1.807) is 12.1 Å². The molecule has 0 atom stereocenters. The highest BCUT2D eigenvalue weighted by atomic mass is 16.3. The molecule has 0 spiro atoms. The molecule has 142 valence electrons.